The van der Waals surface area contributed by atoms with E-state index in [0.717, 1.165) is 24.0 Å². The fourth-order valence-corrected chi connectivity index (χ4v) is 4.87. The van der Waals surface area contributed by atoms with Crippen molar-refractivity contribution in [2.75, 3.05) is 13.1 Å². The van der Waals surface area contributed by atoms with Gasteiger partial charge in [-0.15, -0.1) is 0 Å². The van der Waals surface area contributed by atoms with Crippen LogP contribution in [-0.4, -0.2) is 39.4 Å². The smallest absolute Gasteiger partial charge is 0.285 e. The third-order valence-electron chi connectivity index (χ3n) is 6.78. The minimum Gasteiger partial charge on any atom is -0.348 e. The molecule has 2 aliphatic rings. The molecule has 2 aromatic carbocycles. The molecule has 1 spiro atoms. The summed E-state index contributed by atoms with van der Waals surface area (Å²) < 4.78 is 1.92. The van der Waals surface area contributed by atoms with Gasteiger partial charge < -0.3 is 14.8 Å². The largest absolute Gasteiger partial charge is 0.348 e. The van der Waals surface area contributed by atoms with Gasteiger partial charge in [0.15, 0.2) is 0 Å². The fraction of sp³-hybridized carbons (Fsp3) is 0.308. The van der Waals surface area contributed by atoms with Crippen molar-refractivity contribution < 1.29 is 9.59 Å². The highest BCUT2D eigenvalue weighted by molar-refractivity contribution is 5.94. The van der Waals surface area contributed by atoms with E-state index in [4.69, 9.17) is 0 Å². The molecular weight excluding hydrogens is 416 g/mol. The number of aromatic nitrogens is 2. The Morgan fingerprint density at radius 3 is 2.52 bits per heavy atom. The van der Waals surface area contributed by atoms with Gasteiger partial charge in [-0.25, -0.2) is 0 Å². The average Bonchev–Trinajstić information content (AvgIpc) is 3.42. The van der Waals surface area contributed by atoms with Crippen molar-refractivity contribution in [3.8, 4) is 0 Å². The standard InChI is InChI=1S/C26H26N4O3/c1-18-7-9-19(10-8-18)15-27-22(31)21-16-29-13-11-26(25(29)28-23(21)32)12-14-30(17-26)24(33)20-5-3-2-4-6-20/h2-10,16H,11-15,17H2,1H3,(H,27,31)/t26-/m0/s1. The van der Waals surface area contributed by atoms with E-state index < -0.39 is 11.5 Å². The number of nitrogens with one attached hydrogen (secondary N) is 1. The lowest BCUT2D eigenvalue weighted by atomic mass is 9.85. The highest BCUT2D eigenvalue weighted by atomic mass is 16.2. The van der Waals surface area contributed by atoms with Crippen LogP contribution in [0, 0.1) is 6.92 Å². The number of hydrogen-bond acceptors (Lipinski definition) is 4. The molecule has 7 nitrogen and oxygen atoms in total. The quantitative estimate of drug-likeness (QED) is 0.673. The van der Waals surface area contributed by atoms with Gasteiger partial charge in [0, 0.05) is 43.4 Å². The molecule has 1 atom stereocenters. The van der Waals surface area contributed by atoms with Gasteiger partial charge in [0.2, 0.25) is 0 Å². The van der Waals surface area contributed by atoms with E-state index in [2.05, 4.69) is 10.3 Å². The molecule has 1 aromatic heterocycles. The summed E-state index contributed by atoms with van der Waals surface area (Å²) in [6.07, 6.45) is 3.19. The Balaban J connectivity index is 1.33. The zero-order valence-electron chi connectivity index (χ0n) is 18.6. The second kappa shape index (κ2) is 8.31. The summed E-state index contributed by atoms with van der Waals surface area (Å²) in [5.74, 6) is 0.267. The highest BCUT2D eigenvalue weighted by Crippen LogP contribution is 2.41. The van der Waals surface area contributed by atoms with E-state index in [1.807, 2.05) is 71.0 Å². The van der Waals surface area contributed by atoms with Crippen molar-refractivity contribution >= 4 is 11.8 Å². The molecule has 0 unspecified atom stereocenters. The predicted molar refractivity (Wildman–Crippen MR) is 124 cm³/mol. The van der Waals surface area contributed by atoms with Crippen LogP contribution in [0.5, 0.6) is 0 Å². The van der Waals surface area contributed by atoms with Crippen molar-refractivity contribution in [3.05, 3.63) is 99.2 Å². The van der Waals surface area contributed by atoms with Crippen molar-refractivity contribution in [1.82, 2.24) is 19.8 Å². The SMILES string of the molecule is Cc1ccc(CNC(=O)c2cn3c(nc2=O)[C@]2(CCN(C(=O)c4ccccc4)C2)CC3)cc1. The van der Waals surface area contributed by atoms with Crippen molar-refractivity contribution in [2.24, 2.45) is 0 Å². The number of benzene rings is 2. The molecule has 1 fully saturated rings. The molecule has 3 aromatic rings. The zero-order valence-corrected chi connectivity index (χ0v) is 18.6. The minimum absolute atomic E-state index is 0.000348. The molecule has 33 heavy (non-hydrogen) atoms. The summed E-state index contributed by atoms with van der Waals surface area (Å²) in [5.41, 5.74) is 1.99. The van der Waals surface area contributed by atoms with Gasteiger partial charge in [0.1, 0.15) is 11.4 Å². The van der Waals surface area contributed by atoms with E-state index in [1.165, 1.54) is 0 Å². The zero-order chi connectivity index (χ0) is 23.0. The van der Waals surface area contributed by atoms with Gasteiger partial charge >= 0.3 is 0 Å². The lowest BCUT2D eigenvalue weighted by molar-refractivity contribution is 0.0783. The van der Waals surface area contributed by atoms with Gasteiger partial charge in [-0.05, 0) is 37.5 Å². The van der Waals surface area contributed by atoms with Crippen LogP contribution in [0.1, 0.15) is 50.5 Å². The Bertz CT molecular complexity index is 1270. The van der Waals surface area contributed by atoms with Crippen LogP contribution in [0.15, 0.2) is 65.6 Å². The van der Waals surface area contributed by atoms with Crippen LogP contribution >= 0.6 is 0 Å². The second-order valence-corrected chi connectivity index (χ2v) is 9.02. The number of likely N-dealkylation sites (tertiary alicyclic amines) is 1. The van der Waals surface area contributed by atoms with E-state index in [-0.39, 0.29) is 16.9 Å². The monoisotopic (exact) mass is 442 g/mol. The molecule has 0 radical (unpaired) electrons. The van der Waals surface area contributed by atoms with E-state index in [0.29, 0.717) is 37.6 Å². The first-order valence-electron chi connectivity index (χ1n) is 11.3. The molecule has 0 aliphatic carbocycles. The maximum atomic E-state index is 12.9. The molecule has 5 rings (SSSR count). The van der Waals surface area contributed by atoms with Gasteiger partial charge in [-0.3, -0.25) is 14.4 Å². The minimum atomic E-state index is -0.517. The molecule has 7 heteroatoms. The van der Waals surface area contributed by atoms with Gasteiger partial charge in [0.25, 0.3) is 17.4 Å². The average molecular weight is 443 g/mol. The predicted octanol–water partition coefficient (Wildman–Crippen LogP) is 2.67. The number of fused-ring (bicyclic) bond motifs is 2. The van der Waals surface area contributed by atoms with Crippen LogP contribution in [0.2, 0.25) is 0 Å². The van der Waals surface area contributed by atoms with Crippen LogP contribution in [-0.2, 0) is 18.5 Å². The number of aryl methyl sites for hydroxylation is 2. The second-order valence-electron chi connectivity index (χ2n) is 9.02. The Hall–Kier alpha value is -3.74. The lowest BCUT2D eigenvalue weighted by Crippen LogP contribution is -2.36. The van der Waals surface area contributed by atoms with E-state index >= 15 is 0 Å². The number of nitrogens with zero attached hydrogens (tertiary/aromatic N) is 3. The Kier molecular flexibility index (Phi) is 5.32. The topological polar surface area (TPSA) is 84.3 Å². The number of amides is 2. The maximum Gasteiger partial charge on any atom is 0.285 e. The van der Waals surface area contributed by atoms with Crippen molar-refractivity contribution in [3.63, 3.8) is 0 Å². The normalized spacial score (nSPS) is 19.0. The molecule has 168 valence electrons. The van der Waals surface area contributed by atoms with E-state index in [9.17, 15) is 14.4 Å². The first-order chi connectivity index (χ1) is 15.9. The summed E-state index contributed by atoms with van der Waals surface area (Å²) in [5, 5.41) is 2.82. The first kappa shape index (κ1) is 21.1. The maximum absolute atomic E-state index is 12.9. The third kappa shape index (κ3) is 3.95. The first-order valence-corrected chi connectivity index (χ1v) is 11.3. The van der Waals surface area contributed by atoms with Gasteiger partial charge in [-0.1, -0.05) is 48.0 Å². The number of carbonyl (C=O) groups is 2. The van der Waals surface area contributed by atoms with Crippen LogP contribution in [0.3, 0.4) is 0 Å². The summed E-state index contributed by atoms with van der Waals surface area (Å²) >= 11 is 0. The highest BCUT2D eigenvalue weighted by Gasteiger charge is 2.47. The lowest BCUT2D eigenvalue weighted by Gasteiger charge is -2.23. The Labute approximate surface area is 192 Å². The summed E-state index contributed by atoms with van der Waals surface area (Å²) in [7, 11) is 0. The summed E-state index contributed by atoms with van der Waals surface area (Å²) in [6, 6.07) is 17.1. The summed E-state index contributed by atoms with van der Waals surface area (Å²) in [6.45, 7) is 4.19. The molecule has 2 amide bonds. The van der Waals surface area contributed by atoms with E-state index in [1.54, 1.807) is 6.20 Å². The molecule has 1 saturated heterocycles. The molecule has 2 aliphatic heterocycles. The third-order valence-corrected chi connectivity index (χ3v) is 6.78. The van der Waals surface area contributed by atoms with Crippen molar-refractivity contribution in [1.29, 1.82) is 0 Å². The Morgan fingerprint density at radius 1 is 1.03 bits per heavy atom. The Morgan fingerprint density at radius 2 is 1.76 bits per heavy atom. The fourth-order valence-electron chi connectivity index (χ4n) is 4.87. The molecular formula is C26H26N4O3. The molecule has 3 heterocycles. The van der Waals surface area contributed by atoms with Gasteiger partial charge in [0.05, 0.1) is 0 Å². The number of carbonyl (C=O) groups excluding carboxylic acids is 2. The van der Waals surface area contributed by atoms with Crippen molar-refractivity contribution in [2.45, 2.75) is 38.3 Å². The number of hydrogen-bond donors (Lipinski definition) is 1. The molecule has 1 N–H and O–H groups in total. The number of rotatable bonds is 4. The van der Waals surface area contributed by atoms with Gasteiger partial charge in [-0.2, -0.15) is 4.98 Å². The summed E-state index contributed by atoms with van der Waals surface area (Å²) in [4.78, 5) is 44.6. The van der Waals surface area contributed by atoms with Crippen LogP contribution < -0.4 is 10.9 Å². The van der Waals surface area contributed by atoms with Crippen LogP contribution in [0.25, 0.3) is 0 Å². The molecule has 0 bridgehead atoms. The molecule has 0 saturated carbocycles. The van der Waals surface area contributed by atoms with Crippen LogP contribution in [0.4, 0.5) is 0 Å².